The molecule has 0 N–H and O–H groups in total. The molecule has 2 aromatic rings. The predicted octanol–water partition coefficient (Wildman–Crippen LogP) is 6.38. The summed E-state index contributed by atoms with van der Waals surface area (Å²) in [5.74, 6) is 1.10. The van der Waals surface area contributed by atoms with Crippen molar-refractivity contribution in [2.75, 3.05) is 18.6 Å². The summed E-state index contributed by atoms with van der Waals surface area (Å²) in [6.07, 6.45) is 9.73. The van der Waals surface area contributed by atoms with Crippen LogP contribution in [0.5, 0.6) is 5.75 Å². The Labute approximate surface area is 189 Å². The van der Waals surface area contributed by atoms with Crippen molar-refractivity contribution in [3.63, 3.8) is 0 Å². The number of unbranched alkanes of at least 4 members (excludes halogenated alkanes) is 1. The zero-order valence-corrected chi connectivity index (χ0v) is 18.9. The van der Waals surface area contributed by atoms with E-state index in [0.29, 0.717) is 17.1 Å². The molecule has 2 heterocycles. The average Bonchev–Trinajstić information content (AvgIpc) is 3.28. The predicted molar refractivity (Wildman–Crippen MR) is 127 cm³/mol. The van der Waals surface area contributed by atoms with E-state index < -0.39 is 5.66 Å². The Morgan fingerprint density at radius 3 is 2.74 bits per heavy atom. The number of rotatable bonds is 7. The molecule has 4 nitrogen and oxygen atoms in total. The van der Waals surface area contributed by atoms with E-state index in [1.54, 1.807) is 19.2 Å². The quantitative estimate of drug-likeness (QED) is 0.372. The number of hydrogen-bond donors (Lipinski definition) is 0. The lowest BCUT2D eigenvalue weighted by atomic mass is 9.86. The van der Waals surface area contributed by atoms with Gasteiger partial charge in [0.05, 0.1) is 12.8 Å². The molecule has 31 heavy (non-hydrogen) atoms. The molecule has 2 aliphatic rings. The van der Waals surface area contributed by atoms with Crippen molar-refractivity contribution < 1.29 is 9.53 Å². The van der Waals surface area contributed by atoms with Crippen molar-refractivity contribution in [1.29, 1.82) is 0 Å². The molecule has 1 fully saturated rings. The largest absolute Gasteiger partial charge is 0.495 e. The van der Waals surface area contributed by atoms with Crippen LogP contribution < -0.4 is 9.64 Å². The van der Waals surface area contributed by atoms with Crippen molar-refractivity contribution in [3.8, 4) is 5.75 Å². The number of fused-ring (bicyclic) bond motifs is 3. The summed E-state index contributed by atoms with van der Waals surface area (Å²) >= 11 is 6.07. The third kappa shape index (κ3) is 3.43. The molecule has 0 aliphatic carbocycles. The number of carbonyl (C=O) groups is 1. The first-order valence-corrected chi connectivity index (χ1v) is 11.2. The smallest absolute Gasteiger partial charge is 0.255 e. The molecular weight excluding hydrogens is 408 g/mol. The molecule has 0 saturated carbocycles. The number of likely N-dealkylation sites (tertiary alicyclic amines) is 1. The van der Waals surface area contributed by atoms with Crippen LogP contribution in [0, 0.1) is 0 Å². The van der Waals surface area contributed by atoms with Crippen LogP contribution in [0.2, 0.25) is 5.02 Å². The summed E-state index contributed by atoms with van der Waals surface area (Å²) < 4.78 is 5.75. The zero-order chi connectivity index (χ0) is 22.0. The first kappa shape index (κ1) is 21.5. The topological polar surface area (TPSA) is 32.8 Å². The van der Waals surface area contributed by atoms with Crippen LogP contribution in [0.15, 0.2) is 67.4 Å². The van der Waals surface area contributed by atoms with Gasteiger partial charge in [0.2, 0.25) is 0 Å². The normalized spacial score (nSPS) is 22.0. The Kier molecular flexibility index (Phi) is 6.10. The lowest BCUT2D eigenvalue weighted by Crippen LogP contribution is -2.57. The van der Waals surface area contributed by atoms with Gasteiger partial charge in [-0.15, -0.1) is 6.58 Å². The molecule has 2 aliphatic heterocycles. The zero-order valence-electron chi connectivity index (χ0n) is 18.2. The number of anilines is 1. The molecule has 1 amide bonds. The summed E-state index contributed by atoms with van der Waals surface area (Å²) in [4.78, 5) is 18.1. The first-order valence-electron chi connectivity index (χ1n) is 10.9. The van der Waals surface area contributed by atoms with Crippen molar-refractivity contribution in [2.24, 2.45) is 0 Å². The van der Waals surface area contributed by atoms with Gasteiger partial charge in [0.15, 0.2) is 0 Å². The molecule has 2 aromatic carbocycles. The Hall–Kier alpha value is -2.72. The maximum Gasteiger partial charge on any atom is 0.255 e. The van der Waals surface area contributed by atoms with Gasteiger partial charge in [-0.3, -0.25) is 4.79 Å². The van der Waals surface area contributed by atoms with Crippen LogP contribution in [0.25, 0.3) is 0 Å². The SMILES string of the molecule is C=CCCCC12C(CCN1C(=O)c1ccc(Cl)cc1)c1cccc(OC)c1N2/C=C/C. The third-order valence-corrected chi connectivity index (χ3v) is 6.79. The number of hydrogen-bond acceptors (Lipinski definition) is 3. The standard InChI is InChI=1S/C26H29ClN2O2/c1-4-6-7-16-26-22(15-18-29(26)25(30)19-11-13-20(27)14-12-19)21-9-8-10-23(31-3)24(21)28(26)17-5-2/h4-5,8-14,17,22H,1,6-7,15-16,18H2,2-3H3/b17-5+. The van der Waals surface area contributed by atoms with Gasteiger partial charge in [0.25, 0.3) is 5.91 Å². The van der Waals surface area contributed by atoms with Gasteiger partial charge in [-0.2, -0.15) is 0 Å². The minimum atomic E-state index is -0.469. The summed E-state index contributed by atoms with van der Waals surface area (Å²) in [5, 5.41) is 0.630. The maximum absolute atomic E-state index is 13.8. The van der Waals surface area contributed by atoms with Gasteiger partial charge in [-0.1, -0.05) is 35.9 Å². The van der Waals surface area contributed by atoms with Crippen LogP contribution in [0.4, 0.5) is 5.69 Å². The van der Waals surface area contributed by atoms with Crippen molar-refractivity contribution in [3.05, 3.63) is 83.5 Å². The number of allylic oxidation sites excluding steroid dienone is 2. The summed E-state index contributed by atoms with van der Waals surface area (Å²) in [6.45, 7) is 6.63. The molecule has 2 unspecified atom stereocenters. The summed E-state index contributed by atoms with van der Waals surface area (Å²) in [5.41, 5.74) is 2.52. The average molecular weight is 437 g/mol. The van der Waals surface area contributed by atoms with Gasteiger partial charge < -0.3 is 14.5 Å². The number of nitrogens with zero attached hydrogens (tertiary/aromatic N) is 2. The summed E-state index contributed by atoms with van der Waals surface area (Å²) in [7, 11) is 1.71. The highest BCUT2D eigenvalue weighted by atomic mass is 35.5. The highest BCUT2D eigenvalue weighted by Gasteiger charge is 2.59. The van der Waals surface area contributed by atoms with Crippen molar-refractivity contribution >= 4 is 23.2 Å². The minimum absolute atomic E-state index is 0.0408. The Bertz CT molecular complexity index is 1000. The van der Waals surface area contributed by atoms with Crippen LogP contribution in [-0.4, -0.2) is 30.1 Å². The minimum Gasteiger partial charge on any atom is -0.495 e. The molecule has 0 spiro atoms. The first-order chi connectivity index (χ1) is 15.1. The number of para-hydroxylation sites is 1. The Morgan fingerprint density at radius 2 is 2.06 bits per heavy atom. The third-order valence-electron chi connectivity index (χ3n) is 6.54. The molecule has 0 radical (unpaired) electrons. The second-order valence-electron chi connectivity index (χ2n) is 8.11. The van der Waals surface area contributed by atoms with E-state index in [1.807, 2.05) is 37.3 Å². The number of ether oxygens (including phenoxy) is 1. The maximum atomic E-state index is 13.8. The van der Waals surface area contributed by atoms with Crippen molar-refractivity contribution in [1.82, 2.24) is 4.90 Å². The van der Waals surface area contributed by atoms with Gasteiger partial charge in [0, 0.05) is 29.2 Å². The molecule has 4 rings (SSSR count). The fourth-order valence-electron chi connectivity index (χ4n) is 5.32. The van der Waals surface area contributed by atoms with E-state index in [-0.39, 0.29) is 11.8 Å². The number of methoxy groups -OCH3 is 1. The van der Waals surface area contributed by atoms with Gasteiger partial charge >= 0.3 is 0 Å². The highest BCUT2D eigenvalue weighted by molar-refractivity contribution is 6.30. The fraction of sp³-hybridized carbons (Fsp3) is 0.346. The number of halogens is 1. The van der Waals surface area contributed by atoms with E-state index in [0.717, 1.165) is 37.1 Å². The number of amides is 1. The molecule has 5 heteroatoms. The molecular formula is C26H29ClN2O2. The Morgan fingerprint density at radius 1 is 1.29 bits per heavy atom. The van der Waals surface area contributed by atoms with Crippen LogP contribution in [0.1, 0.15) is 54.4 Å². The van der Waals surface area contributed by atoms with Gasteiger partial charge in [0.1, 0.15) is 11.4 Å². The second-order valence-corrected chi connectivity index (χ2v) is 8.55. The molecule has 2 atom stereocenters. The van der Waals surface area contributed by atoms with E-state index in [1.165, 1.54) is 5.56 Å². The van der Waals surface area contributed by atoms with Crippen LogP contribution in [-0.2, 0) is 0 Å². The second kappa shape index (κ2) is 8.80. The number of benzene rings is 2. The fourth-order valence-corrected chi connectivity index (χ4v) is 5.45. The lowest BCUT2D eigenvalue weighted by molar-refractivity contribution is 0.0569. The van der Waals surface area contributed by atoms with Crippen LogP contribution in [0.3, 0.4) is 0 Å². The molecule has 0 bridgehead atoms. The van der Waals surface area contributed by atoms with E-state index >= 15 is 0 Å². The monoisotopic (exact) mass is 436 g/mol. The van der Waals surface area contributed by atoms with E-state index in [4.69, 9.17) is 16.3 Å². The van der Waals surface area contributed by atoms with Crippen LogP contribution >= 0.6 is 11.6 Å². The van der Waals surface area contributed by atoms with E-state index in [2.05, 4.69) is 34.7 Å². The highest BCUT2D eigenvalue weighted by Crippen LogP contribution is 2.59. The lowest BCUT2D eigenvalue weighted by Gasteiger charge is -2.45. The van der Waals surface area contributed by atoms with Gasteiger partial charge in [-0.05, 0) is 68.5 Å². The number of carbonyl (C=O) groups excluding carboxylic acids is 1. The van der Waals surface area contributed by atoms with Gasteiger partial charge in [-0.25, -0.2) is 0 Å². The molecule has 1 saturated heterocycles. The Balaban J connectivity index is 1.85. The molecule has 0 aromatic heterocycles. The van der Waals surface area contributed by atoms with E-state index in [9.17, 15) is 4.79 Å². The van der Waals surface area contributed by atoms with Crippen molar-refractivity contribution in [2.45, 2.75) is 44.2 Å². The molecule has 162 valence electrons. The summed E-state index contributed by atoms with van der Waals surface area (Å²) in [6, 6.07) is 13.4.